The van der Waals surface area contributed by atoms with Gasteiger partial charge >= 0.3 is 5.69 Å². The average Bonchev–Trinajstić information content (AvgIpc) is 3.12. The summed E-state index contributed by atoms with van der Waals surface area (Å²) in [4.78, 5) is 33.1. The van der Waals surface area contributed by atoms with Gasteiger partial charge in [0.1, 0.15) is 16.0 Å². The second-order valence-corrected chi connectivity index (χ2v) is 10.3. The Bertz CT molecular complexity index is 1430. The van der Waals surface area contributed by atoms with Crippen LogP contribution in [-0.4, -0.2) is 30.8 Å². The van der Waals surface area contributed by atoms with Crippen molar-refractivity contribution in [2.45, 2.75) is 25.8 Å². The van der Waals surface area contributed by atoms with Crippen LogP contribution in [0.15, 0.2) is 46.1 Å². The van der Waals surface area contributed by atoms with Gasteiger partial charge in [0, 0.05) is 28.8 Å². The van der Waals surface area contributed by atoms with Gasteiger partial charge in [-0.1, -0.05) is 30.1 Å². The third-order valence-corrected chi connectivity index (χ3v) is 7.85. The number of aromatic nitrogens is 3. The van der Waals surface area contributed by atoms with Gasteiger partial charge in [0.15, 0.2) is 0 Å². The lowest BCUT2D eigenvalue weighted by Gasteiger charge is -2.11. The summed E-state index contributed by atoms with van der Waals surface area (Å²) in [5.74, 6) is 1.58. The predicted molar refractivity (Wildman–Crippen MR) is 135 cm³/mol. The molecule has 1 atom stereocenters. The summed E-state index contributed by atoms with van der Waals surface area (Å²) >= 11 is 14.6. The molecule has 0 radical (unpaired) electrons. The number of H-pyrrole nitrogens is 1. The molecule has 2 N–H and O–H groups in total. The first-order valence-electron chi connectivity index (χ1n) is 9.93. The van der Waals surface area contributed by atoms with Crippen LogP contribution in [0.3, 0.4) is 0 Å². The Kier molecular flexibility index (Phi) is 7.16. The van der Waals surface area contributed by atoms with Crippen molar-refractivity contribution in [2.24, 2.45) is 0 Å². The first-order valence-corrected chi connectivity index (χ1v) is 12.6. The predicted octanol–water partition coefficient (Wildman–Crippen LogP) is 5.29. The fourth-order valence-electron chi connectivity index (χ4n) is 3.35. The van der Waals surface area contributed by atoms with Crippen molar-refractivity contribution in [3.05, 3.63) is 73.0 Å². The van der Waals surface area contributed by atoms with Gasteiger partial charge in [0.05, 0.1) is 22.0 Å². The summed E-state index contributed by atoms with van der Waals surface area (Å²) in [6.07, 6.45) is 1.64. The minimum atomic E-state index is -0.757. The topological polar surface area (TPSA) is 97.2 Å². The maximum absolute atomic E-state index is 12.6. The molecule has 3 heterocycles. The third-order valence-electron chi connectivity index (χ3n) is 4.88. The van der Waals surface area contributed by atoms with Crippen LogP contribution in [0.4, 0.5) is 0 Å². The van der Waals surface area contributed by atoms with Crippen molar-refractivity contribution in [1.82, 2.24) is 14.5 Å². The number of thioether (sulfide) groups is 1. The van der Waals surface area contributed by atoms with Gasteiger partial charge in [-0.15, -0.1) is 23.1 Å². The zero-order chi connectivity index (χ0) is 23.7. The molecule has 7 nitrogen and oxygen atoms in total. The Labute approximate surface area is 207 Å². The third kappa shape index (κ3) is 4.97. The number of nitrogens with zero attached hydrogens (tertiary/aromatic N) is 2. The molecule has 4 rings (SSSR count). The van der Waals surface area contributed by atoms with Gasteiger partial charge in [-0.3, -0.25) is 14.3 Å². The highest BCUT2D eigenvalue weighted by atomic mass is 35.5. The van der Waals surface area contributed by atoms with E-state index >= 15 is 0 Å². The molecular formula is C22H19Cl2N3O4S2. The first-order chi connectivity index (χ1) is 15.8. The summed E-state index contributed by atoms with van der Waals surface area (Å²) in [5.41, 5.74) is -0.234. The van der Waals surface area contributed by atoms with Gasteiger partial charge in [0.25, 0.3) is 5.56 Å². The average molecular weight is 524 g/mol. The molecule has 0 aliphatic rings. The van der Waals surface area contributed by atoms with E-state index in [1.165, 1.54) is 27.7 Å². The van der Waals surface area contributed by atoms with Crippen LogP contribution in [0.1, 0.15) is 12.5 Å². The summed E-state index contributed by atoms with van der Waals surface area (Å²) in [6.45, 7) is 3.84. The Balaban J connectivity index is 1.70. The first kappa shape index (κ1) is 23.8. The highest BCUT2D eigenvalue weighted by Gasteiger charge is 2.19. The van der Waals surface area contributed by atoms with Crippen LogP contribution in [0.2, 0.25) is 10.0 Å². The Morgan fingerprint density at radius 3 is 2.70 bits per heavy atom. The molecule has 0 aliphatic heterocycles. The second-order valence-electron chi connectivity index (χ2n) is 7.08. The number of ether oxygens (including phenoxy) is 1. The quantitative estimate of drug-likeness (QED) is 0.319. The number of rotatable bonds is 7. The number of pyridine rings is 1. The van der Waals surface area contributed by atoms with E-state index in [1.807, 2.05) is 19.9 Å². The molecule has 0 bridgehead atoms. The van der Waals surface area contributed by atoms with E-state index in [9.17, 15) is 14.7 Å². The summed E-state index contributed by atoms with van der Waals surface area (Å²) in [7, 11) is 0. The molecule has 3 aromatic heterocycles. The van der Waals surface area contributed by atoms with E-state index < -0.39 is 16.7 Å². The fourth-order valence-corrected chi connectivity index (χ4v) is 5.58. The normalized spacial score (nSPS) is 12.3. The summed E-state index contributed by atoms with van der Waals surface area (Å²) in [5, 5.41) is 11.5. The summed E-state index contributed by atoms with van der Waals surface area (Å²) in [6, 6.07) is 8.47. The number of thiophene rings is 1. The highest BCUT2D eigenvalue weighted by Crippen LogP contribution is 2.37. The van der Waals surface area contributed by atoms with Gasteiger partial charge in [0.2, 0.25) is 5.88 Å². The van der Waals surface area contributed by atoms with Crippen molar-refractivity contribution in [3.63, 3.8) is 0 Å². The molecular weight excluding hydrogens is 505 g/mol. The Hall–Kier alpha value is -2.30. The van der Waals surface area contributed by atoms with Crippen molar-refractivity contribution >= 4 is 56.5 Å². The van der Waals surface area contributed by atoms with Crippen LogP contribution in [-0.2, 0) is 6.54 Å². The van der Waals surface area contributed by atoms with Crippen molar-refractivity contribution in [1.29, 1.82) is 0 Å². The number of aryl methyl sites for hydroxylation is 1. The molecule has 0 aliphatic carbocycles. The molecule has 4 aromatic rings. The summed E-state index contributed by atoms with van der Waals surface area (Å²) < 4.78 is 7.15. The van der Waals surface area contributed by atoms with E-state index in [0.717, 1.165) is 16.0 Å². The number of halogens is 2. The van der Waals surface area contributed by atoms with E-state index in [0.29, 0.717) is 37.6 Å². The van der Waals surface area contributed by atoms with Crippen LogP contribution < -0.4 is 16.0 Å². The number of aliphatic hydroxyl groups is 1. The highest BCUT2D eigenvalue weighted by molar-refractivity contribution is 7.99. The smallest absolute Gasteiger partial charge is 0.329 e. The number of hydrogen-bond acceptors (Lipinski definition) is 7. The number of nitrogens with one attached hydrogen (secondary N) is 1. The van der Waals surface area contributed by atoms with Crippen LogP contribution in [0.5, 0.6) is 11.6 Å². The lowest BCUT2D eigenvalue weighted by Crippen LogP contribution is -2.32. The molecule has 33 heavy (non-hydrogen) atoms. The van der Waals surface area contributed by atoms with Gasteiger partial charge in [-0.25, -0.2) is 9.78 Å². The SMILES string of the molecule is CCS[C@H](O)Cn1c(=O)[nH]c(=O)c2c(C)c(-c3ccc(Oc4ccc(Cl)c(Cl)c4)nc3)sc21. The fraction of sp³-hybridized carbons (Fsp3) is 0.227. The van der Waals surface area contributed by atoms with Gasteiger partial charge < -0.3 is 9.84 Å². The van der Waals surface area contributed by atoms with E-state index in [1.54, 1.807) is 30.5 Å². The number of benzene rings is 1. The molecule has 11 heteroatoms. The van der Waals surface area contributed by atoms with Crippen molar-refractivity contribution in [2.75, 3.05) is 5.75 Å². The standard InChI is InChI=1S/C22H19Cl2N3O4S2/c1-3-32-17(28)10-27-21-18(20(29)26-22(27)30)11(2)19(33-21)12-4-7-16(25-9-12)31-13-5-6-14(23)15(24)8-13/h4-9,17,28H,3,10H2,1-2H3,(H,26,29,30)/t17-/m0/s1. The van der Waals surface area contributed by atoms with Crippen LogP contribution >= 0.6 is 46.3 Å². The van der Waals surface area contributed by atoms with Crippen LogP contribution in [0, 0.1) is 6.92 Å². The second kappa shape index (κ2) is 9.90. The maximum Gasteiger partial charge on any atom is 0.329 e. The van der Waals surface area contributed by atoms with Crippen LogP contribution in [0.25, 0.3) is 20.7 Å². The number of aromatic amines is 1. The molecule has 0 unspecified atom stereocenters. The van der Waals surface area contributed by atoms with E-state index in [2.05, 4.69) is 9.97 Å². The lowest BCUT2D eigenvalue weighted by atomic mass is 10.1. The Morgan fingerprint density at radius 2 is 2.03 bits per heavy atom. The molecule has 0 fully saturated rings. The minimum Gasteiger partial charge on any atom is -0.439 e. The Morgan fingerprint density at radius 1 is 1.24 bits per heavy atom. The van der Waals surface area contributed by atoms with Gasteiger partial charge in [-0.2, -0.15) is 0 Å². The molecule has 0 spiro atoms. The lowest BCUT2D eigenvalue weighted by molar-refractivity contribution is 0.240. The maximum atomic E-state index is 12.6. The molecule has 0 saturated heterocycles. The zero-order valence-electron chi connectivity index (χ0n) is 17.6. The van der Waals surface area contributed by atoms with Crippen molar-refractivity contribution in [3.8, 4) is 22.1 Å². The van der Waals surface area contributed by atoms with Crippen molar-refractivity contribution < 1.29 is 9.84 Å². The number of hydrogen-bond donors (Lipinski definition) is 2. The minimum absolute atomic E-state index is 0.0820. The number of fused-ring (bicyclic) bond motifs is 1. The number of aliphatic hydroxyl groups excluding tert-OH is 1. The largest absolute Gasteiger partial charge is 0.439 e. The monoisotopic (exact) mass is 523 g/mol. The molecule has 0 amide bonds. The van der Waals surface area contributed by atoms with E-state index in [4.69, 9.17) is 27.9 Å². The zero-order valence-corrected chi connectivity index (χ0v) is 20.7. The molecule has 0 saturated carbocycles. The van der Waals surface area contributed by atoms with E-state index in [-0.39, 0.29) is 6.54 Å². The molecule has 1 aromatic carbocycles. The van der Waals surface area contributed by atoms with Gasteiger partial charge in [-0.05, 0) is 36.4 Å². The molecule has 172 valence electrons.